The molecular formula is C18H12Cl3F2N3O. The van der Waals surface area contributed by atoms with Gasteiger partial charge in [0.2, 0.25) is 0 Å². The Morgan fingerprint density at radius 1 is 1.11 bits per heavy atom. The highest BCUT2D eigenvalue weighted by atomic mass is 35.5. The number of nitrogens with zero attached hydrogens (tertiary/aromatic N) is 2. The molecule has 0 spiro atoms. The van der Waals surface area contributed by atoms with Gasteiger partial charge in [0, 0.05) is 33.9 Å². The zero-order valence-corrected chi connectivity index (χ0v) is 16.1. The standard InChI is InChI=1S/C18H12Cl3F2N3O/c1-26-15(17(22)23)14(16(21)25-26)18(27)24-13-5-3-2-4-11(13)10-7-6-9(19)8-12(10)20/h2-8,17H,1H3,(H,24,27). The van der Waals surface area contributed by atoms with E-state index >= 15 is 0 Å². The Balaban J connectivity index is 2.02. The number of benzene rings is 2. The number of carbonyl (C=O) groups excluding carboxylic acids is 1. The van der Waals surface area contributed by atoms with Crippen LogP contribution in [0.3, 0.4) is 0 Å². The third-order valence-electron chi connectivity index (χ3n) is 3.88. The van der Waals surface area contributed by atoms with Gasteiger partial charge in [-0.25, -0.2) is 8.78 Å². The summed E-state index contributed by atoms with van der Waals surface area (Å²) in [4.78, 5) is 12.7. The third-order valence-corrected chi connectivity index (χ3v) is 4.69. The van der Waals surface area contributed by atoms with E-state index in [1.807, 2.05) is 0 Å². The number of amides is 1. The van der Waals surface area contributed by atoms with E-state index in [9.17, 15) is 13.6 Å². The van der Waals surface area contributed by atoms with Gasteiger partial charge >= 0.3 is 0 Å². The lowest BCUT2D eigenvalue weighted by Gasteiger charge is -2.13. The van der Waals surface area contributed by atoms with Crippen LogP contribution in [0.25, 0.3) is 11.1 Å². The predicted octanol–water partition coefficient (Wildman–Crippen LogP) is 6.24. The molecule has 3 aromatic rings. The largest absolute Gasteiger partial charge is 0.321 e. The summed E-state index contributed by atoms with van der Waals surface area (Å²) in [6.45, 7) is 0. The fourth-order valence-corrected chi connectivity index (χ4v) is 3.49. The van der Waals surface area contributed by atoms with E-state index in [2.05, 4.69) is 10.4 Å². The van der Waals surface area contributed by atoms with Gasteiger partial charge in [-0.05, 0) is 18.2 Å². The number of halogens is 5. The molecule has 9 heteroatoms. The summed E-state index contributed by atoms with van der Waals surface area (Å²) in [5, 5.41) is 6.87. The second kappa shape index (κ2) is 7.84. The first kappa shape index (κ1) is 19.6. The van der Waals surface area contributed by atoms with Crippen LogP contribution in [-0.2, 0) is 7.05 Å². The highest BCUT2D eigenvalue weighted by Crippen LogP contribution is 2.36. The lowest BCUT2D eigenvalue weighted by Crippen LogP contribution is -2.15. The smallest absolute Gasteiger partial charge is 0.280 e. The molecule has 3 rings (SSSR count). The molecule has 0 aliphatic rings. The van der Waals surface area contributed by atoms with Crippen molar-refractivity contribution in [3.05, 3.63) is 68.9 Å². The van der Waals surface area contributed by atoms with Crippen molar-refractivity contribution in [2.75, 3.05) is 5.32 Å². The van der Waals surface area contributed by atoms with E-state index in [-0.39, 0.29) is 10.7 Å². The molecule has 0 unspecified atom stereocenters. The number of hydrogen-bond donors (Lipinski definition) is 1. The highest BCUT2D eigenvalue weighted by molar-refractivity contribution is 6.36. The van der Waals surface area contributed by atoms with Gasteiger partial charge in [-0.2, -0.15) is 5.10 Å². The van der Waals surface area contributed by atoms with E-state index in [0.717, 1.165) is 4.68 Å². The summed E-state index contributed by atoms with van der Waals surface area (Å²) < 4.78 is 27.5. The van der Waals surface area contributed by atoms with Crippen LogP contribution in [0.2, 0.25) is 15.2 Å². The van der Waals surface area contributed by atoms with Gasteiger partial charge in [-0.1, -0.05) is 59.1 Å². The maximum absolute atomic E-state index is 13.3. The van der Waals surface area contributed by atoms with Crippen molar-refractivity contribution >= 4 is 46.4 Å². The summed E-state index contributed by atoms with van der Waals surface area (Å²) in [5.74, 6) is -0.791. The average molecular weight is 431 g/mol. The summed E-state index contributed by atoms with van der Waals surface area (Å²) in [5.41, 5.74) is 0.687. The fraction of sp³-hybridized carbons (Fsp3) is 0.111. The molecule has 2 aromatic carbocycles. The van der Waals surface area contributed by atoms with Crippen LogP contribution < -0.4 is 5.32 Å². The minimum atomic E-state index is -2.91. The Morgan fingerprint density at radius 2 is 1.81 bits per heavy atom. The summed E-state index contributed by atoms with van der Waals surface area (Å²) in [6.07, 6.45) is -2.91. The minimum absolute atomic E-state index is 0.299. The first-order chi connectivity index (χ1) is 12.8. The number of aromatic nitrogens is 2. The number of nitrogens with one attached hydrogen (secondary N) is 1. The zero-order chi connectivity index (χ0) is 19.7. The van der Waals surface area contributed by atoms with Gasteiger partial charge in [-0.3, -0.25) is 9.48 Å². The molecule has 4 nitrogen and oxygen atoms in total. The maximum atomic E-state index is 13.3. The Hall–Kier alpha value is -2.15. The fourth-order valence-electron chi connectivity index (χ4n) is 2.68. The molecule has 1 N–H and O–H groups in total. The molecule has 0 aliphatic carbocycles. The second-order valence-electron chi connectivity index (χ2n) is 5.60. The number of hydrogen-bond acceptors (Lipinski definition) is 2. The molecule has 1 amide bonds. The normalized spacial score (nSPS) is 11.1. The second-order valence-corrected chi connectivity index (χ2v) is 6.80. The first-order valence-corrected chi connectivity index (χ1v) is 8.79. The van der Waals surface area contributed by atoms with Crippen molar-refractivity contribution in [2.24, 2.45) is 7.05 Å². The minimum Gasteiger partial charge on any atom is -0.321 e. The molecule has 0 atom stereocenters. The molecular weight excluding hydrogens is 419 g/mol. The summed E-state index contributed by atoms with van der Waals surface area (Å²) in [7, 11) is 1.30. The van der Waals surface area contributed by atoms with Gasteiger partial charge in [0.05, 0.1) is 0 Å². The number of aryl methyl sites for hydroxylation is 1. The van der Waals surface area contributed by atoms with Gasteiger partial charge in [-0.15, -0.1) is 0 Å². The van der Waals surface area contributed by atoms with Crippen molar-refractivity contribution in [3.8, 4) is 11.1 Å². The Kier molecular flexibility index (Phi) is 5.69. The SMILES string of the molecule is Cn1nc(Cl)c(C(=O)Nc2ccccc2-c2ccc(Cl)cc2Cl)c1C(F)F. The molecule has 0 saturated carbocycles. The monoisotopic (exact) mass is 429 g/mol. The van der Waals surface area contributed by atoms with E-state index in [4.69, 9.17) is 34.8 Å². The molecule has 0 bridgehead atoms. The van der Waals surface area contributed by atoms with Gasteiger partial charge in [0.25, 0.3) is 12.3 Å². The first-order valence-electron chi connectivity index (χ1n) is 7.66. The van der Waals surface area contributed by atoms with Crippen LogP contribution in [0.5, 0.6) is 0 Å². The topological polar surface area (TPSA) is 46.9 Å². The van der Waals surface area contributed by atoms with Crippen LogP contribution in [-0.4, -0.2) is 15.7 Å². The van der Waals surface area contributed by atoms with E-state index in [0.29, 0.717) is 26.9 Å². The van der Waals surface area contributed by atoms with Crippen LogP contribution in [0.4, 0.5) is 14.5 Å². The number of anilines is 1. The average Bonchev–Trinajstić information content (AvgIpc) is 2.90. The van der Waals surface area contributed by atoms with Crippen LogP contribution in [0.15, 0.2) is 42.5 Å². The third kappa shape index (κ3) is 3.93. The molecule has 1 heterocycles. The van der Waals surface area contributed by atoms with Crippen molar-refractivity contribution in [2.45, 2.75) is 6.43 Å². The van der Waals surface area contributed by atoms with E-state index in [1.165, 1.54) is 7.05 Å². The Bertz CT molecular complexity index is 1020. The number of carbonyl (C=O) groups is 1. The molecule has 140 valence electrons. The molecule has 0 saturated heterocycles. The van der Waals surface area contributed by atoms with Crippen molar-refractivity contribution in [3.63, 3.8) is 0 Å². The lowest BCUT2D eigenvalue weighted by molar-refractivity contribution is 0.100. The number of alkyl halides is 2. The van der Waals surface area contributed by atoms with Gasteiger partial charge in [0.1, 0.15) is 11.3 Å². The van der Waals surface area contributed by atoms with E-state index in [1.54, 1.807) is 42.5 Å². The quantitative estimate of drug-likeness (QED) is 0.533. The Morgan fingerprint density at radius 3 is 2.48 bits per heavy atom. The van der Waals surface area contributed by atoms with E-state index < -0.39 is 18.0 Å². The summed E-state index contributed by atoms with van der Waals surface area (Å²) in [6, 6.07) is 11.8. The highest BCUT2D eigenvalue weighted by Gasteiger charge is 2.28. The molecule has 0 fully saturated rings. The lowest BCUT2D eigenvalue weighted by atomic mass is 10.0. The Labute approximate surface area is 168 Å². The zero-order valence-electron chi connectivity index (χ0n) is 13.8. The van der Waals surface area contributed by atoms with Crippen molar-refractivity contribution < 1.29 is 13.6 Å². The number of para-hydroxylation sites is 1. The molecule has 27 heavy (non-hydrogen) atoms. The molecule has 1 aromatic heterocycles. The van der Waals surface area contributed by atoms with Crippen LogP contribution in [0.1, 0.15) is 22.5 Å². The van der Waals surface area contributed by atoms with Crippen LogP contribution in [0, 0.1) is 0 Å². The van der Waals surface area contributed by atoms with Crippen molar-refractivity contribution in [1.29, 1.82) is 0 Å². The van der Waals surface area contributed by atoms with Gasteiger partial charge in [0.15, 0.2) is 5.15 Å². The maximum Gasteiger partial charge on any atom is 0.280 e. The van der Waals surface area contributed by atoms with Gasteiger partial charge < -0.3 is 5.32 Å². The summed E-state index contributed by atoms with van der Waals surface area (Å²) >= 11 is 18.1. The molecule has 0 radical (unpaired) electrons. The van der Waals surface area contributed by atoms with Crippen molar-refractivity contribution in [1.82, 2.24) is 9.78 Å². The molecule has 0 aliphatic heterocycles. The predicted molar refractivity (Wildman–Crippen MR) is 103 cm³/mol. The van der Waals surface area contributed by atoms with Crippen LogP contribution >= 0.6 is 34.8 Å². The number of rotatable bonds is 4.